The van der Waals surface area contributed by atoms with E-state index in [1.165, 1.54) is 0 Å². The Morgan fingerprint density at radius 3 is 2.45 bits per heavy atom. The van der Waals surface area contributed by atoms with Crippen LogP contribution in [0, 0.1) is 6.92 Å². The smallest absolute Gasteiger partial charge is 0.131 e. The van der Waals surface area contributed by atoms with Crippen LogP contribution in [0.2, 0.25) is 0 Å². The molecule has 0 atom stereocenters. The van der Waals surface area contributed by atoms with Gasteiger partial charge in [0.05, 0.1) is 7.11 Å². The van der Waals surface area contributed by atoms with Gasteiger partial charge in [-0.05, 0) is 36.1 Å². The van der Waals surface area contributed by atoms with Crippen LogP contribution in [0.4, 0.5) is 5.82 Å². The highest BCUT2D eigenvalue weighted by Crippen LogP contribution is 2.35. The highest BCUT2D eigenvalue weighted by Gasteiger charge is 2.12. The molecule has 0 unspecified atom stereocenters. The van der Waals surface area contributed by atoms with E-state index in [9.17, 15) is 0 Å². The summed E-state index contributed by atoms with van der Waals surface area (Å²) in [5, 5.41) is 2.02. The summed E-state index contributed by atoms with van der Waals surface area (Å²) in [6.07, 6.45) is 0. The molecular weight excluding hydrogens is 248 g/mol. The van der Waals surface area contributed by atoms with Gasteiger partial charge in [-0.15, -0.1) is 0 Å². The van der Waals surface area contributed by atoms with Crippen molar-refractivity contribution in [1.29, 1.82) is 0 Å². The minimum absolute atomic E-state index is 0.555. The highest BCUT2D eigenvalue weighted by atomic mass is 16.5. The van der Waals surface area contributed by atoms with Gasteiger partial charge in [0, 0.05) is 16.6 Å². The van der Waals surface area contributed by atoms with Crippen molar-refractivity contribution < 1.29 is 4.74 Å². The number of anilines is 1. The number of nitrogen functional groups attached to an aromatic ring is 1. The lowest BCUT2D eigenvalue weighted by molar-refractivity contribution is 0.415. The molecule has 3 heteroatoms. The second-order valence-electron chi connectivity index (χ2n) is 4.73. The number of methoxy groups -OCH3 is 1. The molecular formula is C17H16N2O. The maximum absolute atomic E-state index is 6.04. The molecule has 3 rings (SSSR count). The van der Waals surface area contributed by atoms with E-state index in [2.05, 4.69) is 17.1 Å². The monoisotopic (exact) mass is 264 g/mol. The van der Waals surface area contributed by atoms with Crippen molar-refractivity contribution in [3.05, 3.63) is 54.2 Å². The van der Waals surface area contributed by atoms with Crippen molar-refractivity contribution in [1.82, 2.24) is 4.98 Å². The van der Waals surface area contributed by atoms with Gasteiger partial charge >= 0.3 is 0 Å². The van der Waals surface area contributed by atoms with Crippen molar-refractivity contribution in [2.45, 2.75) is 6.92 Å². The summed E-state index contributed by atoms with van der Waals surface area (Å²) in [5.41, 5.74) is 9.21. The summed E-state index contributed by atoms with van der Waals surface area (Å²) in [7, 11) is 1.67. The van der Waals surface area contributed by atoms with Crippen molar-refractivity contribution >= 4 is 16.6 Å². The predicted octanol–water partition coefficient (Wildman–Crippen LogP) is 3.80. The molecule has 20 heavy (non-hydrogen) atoms. The van der Waals surface area contributed by atoms with E-state index in [1.807, 2.05) is 43.3 Å². The Labute approximate surface area is 118 Å². The summed E-state index contributed by atoms with van der Waals surface area (Å²) in [4.78, 5) is 4.47. The number of aromatic nitrogens is 1. The minimum Gasteiger partial charge on any atom is -0.497 e. The number of nitrogens with zero attached hydrogens (tertiary/aromatic N) is 1. The van der Waals surface area contributed by atoms with E-state index in [1.54, 1.807) is 7.11 Å². The molecule has 0 aliphatic carbocycles. The Balaban J connectivity index is 2.40. The first-order valence-corrected chi connectivity index (χ1v) is 6.50. The number of fused-ring (bicyclic) bond motifs is 1. The lowest BCUT2D eigenvalue weighted by Gasteiger charge is -2.13. The maximum atomic E-state index is 6.04. The van der Waals surface area contributed by atoms with Crippen LogP contribution in [0.1, 0.15) is 5.69 Å². The van der Waals surface area contributed by atoms with Crippen molar-refractivity contribution in [2.24, 2.45) is 0 Å². The van der Waals surface area contributed by atoms with Gasteiger partial charge in [0.25, 0.3) is 0 Å². The van der Waals surface area contributed by atoms with E-state index in [4.69, 9.17) is 10.5 Å². The molecule has 0 bridgehead atoms. The van der Waals surface area contributed by atoms with Gasteiger partial charge < -0.3 is 10.5 Å². The van der Waals surface area contributed by atoms with Crippen LogP contribution in [-0.4, -0.2) is 12.1 Å². The molecule has 0 radical (unpaired) electrons. The Kier molecular flexibility index (Phi) is 3.03. The lowest BCUT2D eigenvalue weighted by atomic mass is 9.97. The molecule has 100 valence electrons. The van der Waals surface area contributed by atoms with E-state index in [-0.39, 0.29) is 0 Å². The zero-order chi connectivity index (χ0) is 14.1. The first-order valence-electron chi connectivity index (χ1n) is 6.50. The summed E-state index contributed by atoms with van der Waals surface area (Å²) >= 11 is 0. The van der Waals surface area contributed by atoms with Crippen LogP contribution in [-0.2, 0) is 0 Å². The largest absolute Gasteiger partial charge is 0.497 e. The summed E-state index contributed by atoms with van der Waals surface area (Å²) in [6.45, 7) is 1.98. The maximum Gasteiger partial charge on any atom is 0.131 e. The SMILES string of the molecule is COc1ccc2c(N)nc(C)c(-c3ccccc3)c2c1. The molecule has 2 N–H and O–H groups in total. The molecule has 2 aromatic carbocycles. The number of rotatable bonds is 2. The van der Waals surface area contributed by atoms with Gasteiger partial charge in [-0.1, -0.05) is 30.3 Å². The Bertz CT molecular complexity index is 767. The molecule has 0 amide bonds. The Morgan fingerprint density at radius 1 is 1.00 bits per heavy atom. The second-order valence-corrected chi connectivity index (χ2v) is 4.73. The summed E-state index contributed by atoms with van der Waals surface area (Å²) < 4.78 is 5.33. The van der Waals surface area contributed by atoms with Crippen molar-refractivity contribution in [3.63, 3.8) is 0 Å². The van der Waals surface area contributed by atoms with Crippen LogP contribution < -0.4 is 10.5 Å². The van der Waals surface area contributed by atoms with Crippen LogP contribution in [0.15, 0.2) is 48.5 Å². The third-order valence-electron chi connectivity index (χ3n) is 3.48. The van der Waals surface area contributed by atoms with Gasteiger partial charge in [0.1, 0.15) is 11.6 Å². The van der Waals surface area contributed by atoms with Crippen molar-refractivity contribution in [3.8, 4) is 16.9 Å². The fourth-order valence-electron chi connectivity index (χ4n) is 2.54. The number of pyridine rings is 1. The van der Waals surface area contributed by atoms with Crippen LogP contribution in [0.5, 0.6) is 5.75 Å². The van der Waals surface area contributed by atoms with Gasteiger partial charge in [-0.2, -0.15) is 0 Å². The number of hydrogen-bond acceptors (Lipinski definition) is 3. The fraction of sp³-hybridized carbons (Fsp3) is 0.118. The molecule has 3 aromatic rings. The zero-order valence-corrected chi connectivity index (χ0v) is 11.6. The third-order valence-corrected chi connectivity index (χ3v) is 3.48. The van der Waals surface area contributed by atoms with Crippen LogP contribution in [0.25, 0.3) is 21.9 Å². The summed E-state index contributed by atoms with van der Waals surface area (Å²) in [5.74, 6) is 1.37. The van der Waals surface area contributed by atoms with E-state index < -0.39 is 0 Å². The average molecular weight is 264 g/mol. The Morgan fingerprint density at radius 2 is 1.75 bits per heavy atom. The molecule has 0 saturated carbocycles. The molecule has 0 aliphatic heterocycles. The zero-order valence-electron chi connectivity index (χ0n) is 11.6. The molecule has 1 aromatic heterocycles. The highest BCUT2D eigenvalue weighted by molar-refractivity contribution is 6.03. The second kappa shape index (κ2) is 4.85. The number of benzene rings is 2. The summed E-state index contributed by atoms with van der Waals surface area (Å²) in [6, 6.07) is 16.1. The average Bonchev–Trinajstić information content (AvgIpc) is 2.47. The van der Waals surface area contributed by atoms with Gasteiger partial charge in [-0.3, -0.25) is 0 Å². The van der Waals surface area contributed by atoms with Gasteiger partial charge in [0.15, 0.2) is 0 Å². The van der Waals surface area contributed by atoms with Gasteiger partial charge in [0.2, 0.25) is 0 Å². The fourth-order valence-corrected chi connectivity index (χ4v) is 2.54. The van der Waals surface area contributed by atoms with E-state index in [0.29, 0.717) is 5.82 Å². The Hall–Kier alpha value is -2.55. The molecule has 0 fully saturated rings. The van der Waals surface area contributed by atoms with E-state index in [0.717, 1.165) is 33.3 Å². The number of nitrogens with two attached hydrogens (primary N) is 1. The number of ether oxygens (including phenoxy) is 1. The number of aryl methyl sites for hydroxylation is 1. The predicted molar refractivity (Wildman–Crippen MR) is 82.9 cm³/mol. The molecule has 0 saturated heterocycles. The van der Waals surface area contributed by atoms with Crippen molar-refractivity contribution in [2.75, 3.05) is 12.8 Å². The molecule has 0 spiro atoms. The lowest BCUT2D eigenvalue weighted by Crippen LogP contribution is -1.98. The first kappa shape index (κ1) is 12.5. The van der Waals surface area contributed by atoms with E-state index >= 15 is 0 Å². The normalized spacial score (nSPS) is 10.7. The topological polar surface area (TPSA) is 48.1 Å². The van der Waals surface area contributed by atoms with Gasteiger partial charge in [-0.25, -0.2) is 4.98 Å². The first-order chi connectivity index (χ1) is 9.70. The third kappa shape index (κ3) is 1.97. The van der Waals surface area contributed by atoms with Crippen LogP contribution in [0.3, 0.4) is 0 Å². The molecule has 1 heterocycles. The molecule has 3 nitrogen and oxygen atoms in total. The number of hydrogen-bond donors (Lipinski definition) is 1. The minimum atomic E-state index is 0.555. The van der Waals surface area contributed by atoms with Crippen LogP contribution >= 0.6 is 0 Å². The quantitative estimate of drug-likeness (QED) is 0.765. The molecule has 0 aliphatic rings. The standard InChI is InChI=1S/C17H16N2O/c1-11-16(12-6-4-3-5-7-12)15-10-13(20-2)8-9-14(15)17(18)19-11/h3-10H,1-2H3,(H2,18,19).